The van der Waals surface area contributed by atoms with Gasteiger partial charge >= 0.3 is 5.97 Å². The van der Waals surface area contributed by atoms with E-state index in [1.807, 2.05) is 12.1 Å². The van der Waals surface area contributed by atoms with Crippen molar-refractivity contribution in [3.05, 3.63) is 48.7 Å². The van der Waals surface area contributed by atoms with E-state index in [9.17, 15) is 4.79 Å². The van der Waals surface area contributed by atoms with Gasteiger partial charge in [-0.2, -0.15) is 4.98 Å². The van der Waals surface area contributed by atoms with Gasteiger partial charge in [0.25, 0.3) is 5.89 Å². The molecule has 0 unspecified atom stereocenters. The molecule has 2 heterocycles. The summed E-state index contributed by atoms with van der Waals surface area (Å²) in [5, 5.41) is 3.90. The maximum atomic E-state index is 10.9. The number of esters is 1. The number of benzene rings is 1. The Hall–Kier alpha value is -3.02. The highest BCUT2D eigenvalue weighted by atomic mass is 16.5. The number of ether oxygens (including phenoxy) is 1. The fourth-order valence-corrected chi connectivity index (χ4v) is 1.77. The molecule has 0 fully saturated rings. The van der Waals surface area contributed by atoms with E-state index in [2.05, 4.69) is 15.1 Å². The Morgan fingerprint density at radius 3 is 2.62 bits per heavy atom. The molecular weight excluding hydrogens is 270 g/mol. The summed E-state index contributed by atoms with van der Waals surface area (Å²) < 4.78 is 10.2. The van der Waals surface area contributed by atoms with Crippen LogP contribution in [0.4, 0.5) is 0 Å². The second-order valence-electron chi connectivity index (χ2n) is 4.26. The highest BCUT2D eigenvalue weighted by molar-refractivity contribution is 5.69. The number of pyridine rings is 1. The Labute approximate surface area is 120 Å². The first-order valence-electron chi connectivity index (χ1n) is 6.26. The van der Waals surface area contributed by atoms with Crippen LogP contribution in [0.5, 0.6) is 5.75 Å². The van der Waals surface area contributed by atoms with Crippen molar-refractivity contribution >= 4 is 5.97 Å². The fourth-order valence-electron chi connectivity index (χ4n) is 1.77. The van der Waals surface area contributed by atoms with Gasteiger partial charge in [-0.3, -0.25) is 9.78 Å². The lowest BCUT2D eigenvalue weighted by atomic mass is 10.2. The largest absolute Gasteiger partial charge is 0.427 e. The molecule has 6 heteroatoms. The van der Waals surface area contributed by atoms with Crippen molar-refractivity contribution in [3.63, 3.8) is 0 Å². The van der Waals surface area contributed by atoms with Crippen molar-refractivity contribution in [3.8, 4) is 28.7 Å². The monoisotopic (exact) mass is 281 g/mol. The zero-order valence-corrected chi connectivity index (χ0v) is 11.2. The van der Waals surface area contributed by atoms with Crippen molar-refractivity contribution in [2.75, 3.05) is 0 Å². The first kappa shape index (κ1) is 13.0. The minimum Gasteiger partial charge on any atom is -0.427 e. The fraction of sp³-hybridized carbons (Fsp3) is 0.0667. The molecule has 0 N–H and O–H groups in total. The summed E-state index contributed by atoms with van der Waals surface area (Å²) in [7, 11) is 0. The number of aromatic nitrogens is 3. The van der Waals surface area contributed by atoms with Crippen molar-refractivity contribution in [1.82, 2.24) is 15.1 Å². The standard InChI is InChI=1S/C15H11N3O3/c1-10(19)20-12-7-5-11(6-8-12)15-17-14(18-21-15)13-4-2-3-9-16-13/h2-9H,1H3. The minimum absolute atomic E-state index is 0.363. The average molecular weight is 281 g/mol. The van der Waals surface area contributed by atoms with Crippen LogP contribution in [0.1, 0.15) is 6.92 Å². The normalized spacial score (nSPS) is 10.3. The summed E-state index contributed by atoms with van der Waals surface area (Å²) in [5.41, 5.74) is 1.38. The van der Waals surface area contributed by atoms with E-state index in [1.54, 1.807) is 36.5 Å². The summed E-state index contributed by atoms with van der Waals surface area (Å²) in [6.45, 7) is 1.35. The Balaban J connectivity index is 1.85. The number of carbonyl (C=O) groups excluding carboxylic acids is 1. The molecule has 0 aliphatic heterocycles. The summed E-state index contributed by atoms with van der Waals surface area (Å²) in [5.74, 6) is 0.911. The summed E-state index contributed by atoms with van der Waals surface area (Å²) in [4.78, 5) is 19.3. The Kier molecular flexibility index (Phi) is 3.42. The first-order chi connectivity index (χ1) is 10.2. The van der Waals surface area contributed by atoms with Crippen molar-refractivity contribution in [2.24, 2.45) is 0 Å². The van der Waals surface area contributed by atoms with Gasteiger partial charge < -0.3 is 9.26 Å². The van der Waals surface area contributed by atoms with Crippen LogP contribution in [0.25, 0.3) is 23.0 Å². The summed E-state index contributed by atoms with van der Waals surface area (Å²) in [6.07, 6.45) is 1.67. The third kappa shape index (κ3) is 2.94. The number of hydrogen-bond acceptors (Lipinski definition) is 6. The van der Waals surface area contributed by atoms with E-state index in [0.717, 1.165) is 5.56 Å². The van der Waals surface area contributed by atoms with Gasteiger partial charge in [0.15, 0.2) is 0 Å². The predicted molar refractivity (Wildman–Crippen MR) is 74.3 cm³/mol. The summed E-state index contributed by atoms with van der Waals surface area (Å²) in [6, 6.07) is 12.3. The van der Waals surface area contributed by atoms with E-state index in [4.69, 9.17) is 9.26 Å². The maximum Gasteiger partial charge on any atom is 0.308 e. The predicted octanol–water partition coefficient (Wildman–Crippen LogP) is 2.72. The van der Waals surface area contributed by atoms with Crippen molar-refractivity contribution in [1.29, 1.82) is 0 Å². The van der Waals surface area contributed by atoms with E-state index in [-0.39, 0.29) is 5.97 Å². The molecule has 0 spiro atoms. The van der Waals surface area contributed by atoms with Gasteiger partial charge in [-0.1, -0.05) is 11.2 Å². The molecule has 21 heavy (non-hydrogen) atoms. The molecule has 3 rings (SSSR count). The van der Waals surface area contributed by atoms with E-state index >= 15 is 0 Å². The highest BCUT2D eigenvalue weighted by Crippen LogP contribution is 2.23. The molecule has 104 valence electrons. The molecule has 1 aromatic carbocycles. The van der Waals surface area contributed by atoms with Gasteiger partial charge in [0, 0.05) is 18.7 Å². The molecule has 0 radical (unpaired) electrons. The number of carbonyl (C=O) groups is 1. The van der Waals surface area contributed by atoms with Crippen LogP contribution in [0.3, 0.4) is 0 Å². The Morgan fingerprint density at radius 2 is 1.95 bits per heavy atom. The molecule has 0 aliphatic carbocycles. The van der Waals surface area contributed by atoms with Crippen molar-refractivity contribution < 1.29 is 14.1 Å². The lowest BCUT2D eigenvalue weighted by molar-refractivity contribution is -0.131. The van der Waals surface area contributed by atoms with Crippen molar-refractivity contribution in [2.45, 2.75) is 6.92 Å². The van der Waals surface area contributed by atoms with Gasteiger partial charge in [-0.25, -0.2) is 0 Å². The quantitative estimate of drug-likeness (QED) is 0.542. The third-order valence-corrected chi connectivity index (χ3v) is 2.68. The van der Waals surface area contributed by atoms with Crippen LogP contribution in [0.2, 0.25) is 0 Å². The molecule has 0 atom stereocenters. The van der Waals surface area contributed by atoms with Crippen LogP contribution in [0, 0.1) is 0 Å². The average Bonchev–Trinajstić information content (AvgIpc) is 2.98. The van der Waals surface area contributed by atoms with Gasteiger partial charge in [-0.15, -0.1) is 0 Å². The van der Waals surface area contributed by atoms with Crippen LogP contribution in [-0.4, -0.2) is 21.1 Å². The maximum absolute atomic E-state index is 10.9. The molecule has 0 amide bonds. The van der Waals surface area contributed by atoms with Crippen LogP contribution in [0.15, 0.2) is 53.2 Å². The minimum atomic E-state index is -0.363. The molecule has 0 bridgehead atoms. The number of rotatable bonds is 3. The van der Waals surface area contributed by atoms with Gasteiger partial charge in [0.05, 0.1) is 0 Å². The van der Waals surface area contributed by atoms with E-state index < -0.39 is 0 Å². The second kappa shape index (κ2) is 5.54. The molecule has 0 saturated carbocycles. The lowest BCUT2D eigenvalue weighted by Crippen LogP contribution is -2.00. The highest BCUT2D eigenvalue weighted by Gasteiger charge is 2.11. The van der Waals surface area contributed by atoms with Crippen LogP contribution in [-0.2, 0) is 4.79 Å². The topological polar surface area (TPSA) is 78.1 Å². The van der Waals surface area contributed by atoms with E-state index in [0.29, 0.717) is 23.2 Å². The lowest BCUT2D eigenvalue weighted by Gasteiger charge is -2.00. The molecule has 2 aromatic heterocycles. The zero-order valence-electron chi connectivity index (χ0n) is 11.2. The third-order valence-electron chi connectivity index (χ3n) is 2.68. The zero-order chi connectivity index (χ0) is 14.7. The van der Waals surface area contributed by atoms with E-state index in [1.165, 1.54) is 6.92 Å². The second-order valence-corrected chi connectivity index (χ2v) is 4.26. The van der Waals surface area contributed by atoms with Crippen LogP contribution >= 0.6 is 0 Å². The molecule has 3 aromatic rings. The first-order valence-corrected chi connectivity index (χ1v) is 6.26. The molecule has 6 nitrogen and oxygen atoms in total. The summed E-state index contributed by atoms with van der Waals surface area (Å²) >= 11 is 0. The Morgan fingerprint density at radius 1 is 1.14 bits per heavy atom. The molecular formula is C15H11N3O3. The Bertz CT molecular complexity index is 751. The van der Waals surface area contributed by atoms with Gasteiger partial charge in [0.2, 0.25) is 5.82 Å². The number of hydrogen-bond donors (Lipinski definition) is 0. The smallest absolute Gasteiger partial charge is 0.308 e. The van der Waals surface area contributed by atoms with Gasteiger partial charge in [0.1, 0.15) is 11.4 Å². The molecule has 0 aliphatic rings. The van der Waals surface area contributed by atoms with Crippen LogP contribution < -0.4 is 4.74 Å². The number of nitrogens with zero attached hydrogens (tertiary/aromatic N) is 3. The van der Waals surface area contributed by atoms with Gasteiger partial charge in [-0.05, 0) is 36.4 Å². The molecule has 0 saturated heterocycles. The SMILES string of the molecule is CC(=O)Oc1ccc(-c2nc(-c3ccccn3)no2)cc1.